The molecule has 2 heterocycles. The number of benzene rings is 2. The minimum Gasteiger partial charge on any atom is -0.485 e. The second-order valence-electron chi connectivity index (χ2n) is 6.86. The molecule has 0 radical (unpaired) electrons. The summed E-state index contributed by atoms with van der Waals surface area (Å²) in [6.07, 6.45) is 0. The van der Waals surface area contributed by atoms with Gasteiger partial charge in [-0.15, -0.1) is 0 Å². The maximum atomic E-state index is 12.9. The molecular formula is C20H20FN5O4. The van der Waals surface area contributed by atoms with Crippen LogP contribution in [0.4, 0.5) is 15.8 Å². The third-order valence-corrected chi connectivity index (χ3v) is 4.84. The lowest BCUT2D eigenvalue weighted by Crippen LogP contribution is -2.46. The number of piperazine rings is 1. The molecule has 1 fully saturated rings. The molecule has 1 saturated heterocycles. The average molecular weight is 413 g/mol. The Morgan fingerprint density at radius 2 is 1.83 bits per heavy atom. The predicted molar refractivity (Wildman–Crippen MR) is 106 cm³/mol. The summed E-state index contributed by atoms with van der Waals surface area (Å²) in [7, 11) is 0. The fourth-order valence-electron chi connectivity index (χ4n) is 3.32. The van der Waals surface area contributed by atoms with Crippen LogP contribution < -0.4 is 9.64 Å². The molecule has 0 aliphatic carbocycles. The van der Waals surface area contributed by atoms with Gasteiger partial charge in [0.15, 0.2) is 6.61 Å². The number of anilines is 1. The molecule has 0 atom stereocenters. The van der Waals surface area contributed by atoms with E-state index >= 15 is 0 Å². The van der Waals surface area contributed by atoms with E-state index in [9.17, 15) is 14.5 Å². The van der Waals surface area contributed by atoms with E-state index in [4.69, 9.17) is 9.26 Å². The molecule has 1 aliphatic rings. The lowest BCUT2D eigenvalue weighted by Gasteiger charge is -2.35. The van der Waals surface area contributed by atoms with Crippen LogP contribution in [0.2, 0.25) is 0 Å². The Balaban J connectivity index is 1.28. The molecule has 9 nitrogen and oxygen atoms in total. The van der Waals surface area contributed by atoms with Crippen molar-refractivity contribution in [1.29, 1.82) is 0 Å². The van der Waals surface area contributed by atoms with E-state index in [0.717, 1.165) is 13.1 Å². The maximum Gasteiger partial charge on any atom is 0.292 e. The van der Waals surface area contributed by atoms with E-state index < -0.39 is 0 Å². The van der Waals surface area contributed by atoms with Gasteiger partial charge in [0.05, 0.1) is 11.5 Å². The van der Waals surface area contributed by atoms with Crippen molar-refractivity contribution in [3.05, 3.63) is 76.2 Å². The molecule has 0 spiro atoms. The van der Waals surface area contributed by atoms with E-state index in [0.29, 0.717) is 42.8 Å². The normalized spacial score (nSPS) is 14.6. The molecule has 30 heavy (non-hydrogen) atoms. The zero-order chi connectivity index (χ0) is 20.9. The van der Waals surface area contributed by atoms with Crippen LogP contribution in [0.1, 0.15) is 11.7 Å². The Kier molecular flexibility index (Phi) is 5.84. The number of aromatic nitrogens is 2. The zero-order valence-corrected chi connectivity index (χ0v) is 16.1. The molecule has 0 amide bonds. The van der Waals surface area contributed by atoms with E-state index in [1.54, 1.807) is 12.1 Å². The summed E-state index contributed by atoms with van der Waals surface area (Å²) in [5.74, 6) is 1.08. The van der Waals surface area contributed by atoms with Gasteiger partial charge in [-0.3, -0.25) is 15.0 Å². The van der Waals surface area contributed by atoms with E-state index in [2.05, 4.69) is 15.0 Å². The highest BCUT2D eigenvalue weighted by Crippen LogP contribution is 2.28. The monoisotopic (exact) mass is 413 g/mol. The van der Waals surface area contributed by atoms with Gasteiger partial charge in [-0.25, -0.2) is 4.39 Å². The number of rotatable bonds is 7. The standard InChI is InChI=1S/C20H20FN5O4/c21-15-5-7-16(8-6-15)29-14-19-22-20(30-23-19)13-24-9-11-25(12-10-24)17-3-1-2-4-18(17)26(27)28/h1-8H,9-14H2. The van der Waals surface area contributed by atoms with Crippen molar-refractivity contribution >= 4 is 11.4 Å². The van der Waals surface area contributed by atoms with Gasteiger partial charge in [-0.1, -0.05) is 17.3 Å². The van der Waals surface area contributed by atoms with Crippen LogP contribution in [0.3, 0.4) is 0 Å². The molecule has 2 aromatic carbocycles. The highest BCUT2D eigenvalue weighted by Gasteiger charge is 2.24. The summed E-state index contributed by atoms with van der Waals surface area (Å²) in [5, 5.41) is 15.2. The third kappa shape index (κ3) is 4.71. The SMILES string of the molecule is O=[N+]([O-])c1ccccc1N1CCN(Cc2nc(COc3ccc(F)cc3)no2)CC1. The first kappa shape index (κ1) is 19.8. The van der Waals surface area contributed by atoms with Crippen LogP contribution in [-0.2, 0) is 13.2 Å². The van der Waals surface area contributed by atoms with Gasteiger partial charge in [0, 0.05) is 32.2 Å². The zero-order valence-electron chi connectivity index (χ0n) is 16.1. The molecule has 0 unspecified atom stereocenters. The second kappa shape index (κ2) is 8.87. The fraction of sp³-hybridized carbons (Fsp3) is 0.300. The molecule has 1 aliphatic heterocycles. The maximum absolute atomic E-state index is 12.9. The summed E-state index contributed by atoms with van der Waals surface area (Å²) in [4.78, 5) is 19.4. The topological polar surface area (TPSA) is 97.8 Å². The second-order valence-corrected chi connectivity index (χ2v) is 6.86. The molecule has 0 N–H and O–H groups in total. The first-order chi connectivity index (χ1) is 14.6. The lowest BCUT2D eigenvalue weighted by molar-refractivity contribution is -0.384. The number of hydrogen-bond acceptors (Lipinski definition) is 8. The summed E-state index contributed by atoms with van der Waals surface area (Å²) >= 11 is 0. The molecule has 3 aromatic rings. The molecule has 10 heteroatoms. The minimum atomic E-state index is -0.352. The molecule has 1 aromatic heterocycles. The van der Waals surface area contributed by atoms with Crippen molar-refractivity contribution in [3.63, 3.8) is 0 Å². The van der Waals surface area contributed by atoms with Crippen molar-refractivity contribution < 1.29 is 18.6 Å². The highest BCUT2D eigenvalue weighted by molar-refractivity contribution is 5.63. The van der Waals surface area contributed by atoms with Crippen LogP contribution in [0.25, 0.3) is 0 Å². The molecule has 156 valence electrons. The van der Waals surface area contributed by atoms with Crippen molar-refractivity contribution in [2.24, 2.45) is 0 Å². The number of nitro groups is 1. The molecule has 4 rings (SSSR count). The summed E-state index contributed by atoms with van der Waals surface area (Å²) in [5.41, 5.74) is 0.758. The van der Waals surface area contributed by atoms with Gasteiger partial charge >= 0.3 is 0 Å². The largest absolute Gasteiger partial charge is 0.485 e. The highest BCUT2D eigenvalue weighted by atomic mass is 19.1. The first-order valence-corrected chi connectivity index (χ1v) is 9.49. The average Bonchev–Trinajstić information content (AvgIpc) is 3.21. The van der Waals surface area contributed by atoms with Gasteiger partial charge in [-0.05, 0) is 30.3 Å². The first-order valence-electron chi connectivity index (χ1n) is 9.49. The van der Waals surface area contributed by atoms with Gasteiger partial charge in [0.1, 0.15) is 17.3 Å². The van der Waals surface area contributed by atoms with Crippen LogP contribution in [0, 0.1) is 15.9 Å². The van der Waals surface area contributed by atoms with Crippen LogP contribution in [-0.4, -0.2) is 46.1 Å². The summed E-state index contributed by atoms with van der Waals surface area (Å²) in [6.45, 7) is 3.39. The summed E-state index contributed by atoms with van der Waals surface area (Å²) < 4.78 is 23.7. The van der Waals surface area contributed by atoms with Gasteiger partial charge in [0.25, 0.3) is 5.69 Å². The van der Waals surface area contributed by atoms with Crippen molar-refractivity contribution in [2.45, 2.75) is 13.2 Å². The van der Waals surface area contributed by atoms with E-state index in [1.165, 1.54) is 30.3 Å². The number of halogens is 1. The van der Waals surface area contributed by atoms with Crippen LogP contribution in [0.15, 0.2) is 53.1 Å². The molecular weight excluding hydrogens is 393 g/mol. The third-order valence-electron chi connectivity index (χ3n) is 4.84. The van der Waals surface area contributed by atoms with Crippen LogP contribution >= 0.6 is 0 Å². The Morgan fingerprint density at radius 3 is 2.57 bits per heavy atom. The van der Waals surface area contributed by atoms with Gasteiger partial charge in [-0.2, -0.15) is 4.98 Å². The quantitative estimate of drug-likeness (QED) is 0.431. The van der Waals surface area contributed by atoms with E-state index in [1.807, 2.05) is 11.0 Å². The Labute approximate surface area is 171 Å². The number of nitrogens with zero attached hydrogens (tertiary/aromatic N) is 5. The predicted octanol–water partition coefficient (Wildman–Crippen LogP) is 3.02. The van der Waals surface area contributed by atoms with Gasteiger partial charge < -0.3 is 14.2 Å². The summed E-state index contributed by atoms with van der Waals surface area (Å²) in [6, 6.07) is 12.5. The number of hydrogen-bond donors (Lipinski definition) is 0. The van der Waals surface area contributed by atoms with Gasteiger partial charge in [0.2, 0.25) is 11.7 Å². The van der Waals surface area contributed by atoms with Crippen molar-refractivity contribution in [1.82, 2.24) is 15.0 Å². The Morgan fingerprint density at radius 1 is 1.10 bits per heavy atom. The number of ether oxygens (including phenoxy) is 1. The van der Waals surface area contributed by atoms with Crippen molar-refractivity contribution in [3.8, 4) is 5.75 Å². The lowest BCUT2D eigenvalue weighted by atomic mass is 10.2. The minimum absolute atomic E-state index is 0.119. The number of para-hydroxylation sites is 2. The number of nitro benzene ring substituents is 1. The van der Waals surface area contributed by atoms with Crippen molar-refractivity contribution in [2.75, 3.05) is 31.1 Å². The molecule has 0 saturated carbocycles. The smallest absolute Gasteiger partial charge is 0.292 e. The molecule has 0 bridgehead atoms. The Hall–Kier alpha value is -3.53. The fourth-order valence-corrected chi connectivity index (χ4v) is 3.32. The van der Waals surface area contributed by atoms with Crippen LogP contribution in [0.5, 0.6) is 5.75 Å². The Bertz CT molecular complexity index is 1000. The van der Waals surface area contributed by atoms with E-state index in [-0.39, 0.29) is 23.0 Å².